The second-order valence-electron chi connectivity index (χ2n) is 5.09. The van der Waals surface area contributed by atoms with Crippen LogP contribution < -0.4 is 10.1 Å². The molecule has 0 saturated heterocycles. The van der Waals surface area contributed by atoms with Crippen molar-refractivity contribution in [3.8, 4) is 5.75 Å². The number of rotatable bonds is 6. The van der Waals surface area contributed by atoms with Crippen LogP contribution >= 0.6 is 0 Å². The molecule has 0 bridgehead atoms. The van der Waals surface area contributed by atoms with Crippen LogP contribution in [0.4, 0.5) is 4.39 Å². The van der Waals surface area contributed by atoms with Gasteiger partial charge in [-0.25, -0.2) is 4.39 Å². The van der Waals surface area contributed by atoms with Gasteiger partial charge in [0.15, 0.2) is 11.6 Å². The van der Waals surface area contributed by atoms with Crippen molar-refractivity contribution in [3.05, 3.63) is 29.6 Å². The number of nitrogens with one attached hydrogen (secondary N) is 1. The molecule has 1 N–H and O–H groups in total. The second-order valence-corrected chi connectivity index (χ2v) is 5.09. The van der Waals surface area contributed by atoms with Crippen molar-refractivity contribution in [2.24, 2.45) is 5.92 Å². The third-order valence-corrected chi connectivity index (χ3v) is 3.60. The lowest BCUT2D eigenvalue weighted by Crippen LogP contribution is -2.26. The van der Waals surface area contributed by atoms with E-state index in [1.807, 2.05) is 6.07 Å². The molecule has 0 heterocycles. The minimum absolute atomic E-state index is 0.242. The number of aryl methyl sites for hydroxylation is 1. The Bertz CT molecular complexity index is 375. The van der Waals surface area contributed by atoms with Crippen molar-refractivity contribution in [2.75, 3.05) is 19.7 Å². The summed E-state index contributed by atoms with van der Waals surface area (Å²) in [4.78, 5) is 0. The molecule has 1 aromatic carbocycles. The third kappa shape index (κ3) is 3.70. The lowest BCUT2D eigenvalue weighted by atomic mass is 10.1. The van der Waals surface area contributed by atoms with Gasteiger partial charge in [0, 0.05) is 6.54 Å². The molecule has 2 rings (SSSR count). The second kappa shape index (κ2) is 6.74. The Morgan fingerprint density at radius 1 is 1.33 bits per heavy atom. The fraction of sp³-hybridized carbons (Fsp3) is 0.600. The summed E-state index contributed by atoms with van der Waals surface area (Å²) < 4.78 is 19.1. The van der Waals surface area contributed by atoms with E-state index in [0.717, 1.165) is 19.0 Å². The zero-order chi connectivity index (χ0) is 12.8. The zero-order valence-corrected chi connectivity index (χ0v) is 11.0. The van der Waals surface area contributed by atoms with Crippen molar-refractivity contribution in [1.82, 2.24) is 5.32 Å². The molecule has 18 heavy (non-hydrogen) atoms. The maximum atomic E-state index is 13.6. The molecular weight excluding hydrogens is 229 g/mol. The quantitative estimate of drug-likeness (QED) is 0.783. The Morgan fingerprint density at radius 3 is 2.89 bits per heavy atom. The summed E-state index contributed by atoms with van der Waals surface area (Å²) in [5, 5.41) is 3.38. The molecule has 0 radical (unpaired) electrons. The van der Waals surface area contributed by atoms with Crippen molar-refractivity contribution < 1.29 is 9.13 Å². The fourth-order valence-electron chi connectivity index (χ4n) is 2.49. The Labute approximate surface area is 109 Å². The van der Waals surface area contributed by atoms with Gasteiger partial charge in [0.2, 0.25) is 0 Å². The van der Waals surface area contributed by atoms with Crippen LogP contribution in [0.1, 0.15) is 31.2 Å². The highest BCUT2D eigenvalue weighted by atomic mass is 19.1. The van der Waals surface area contributed by atoms with Crippen LogP contribution in [-0.4, -0.2) is 19.7 Å². The molecule has 1 aliphatic carbocycles. The first-order valence-corrected chi connectivity index (χ1v) is 6.86. The lowest BCUT2D eigenvalue weighted by Gasteiger charge is -2.12. The van der Waals surface area contributed by atoms with Crippen LogP contribution in [0.25, 0.3) is 0 Å². The summed E-state index contributed by atoms with van der Waals surface area (Å²) in [5.74, 6) is 0.951. The summed E-state index contributed by atoms with van der Waals surface area (Å²) in [6.45, 7) is 4.12. The maximum Gasteiger partial charge on any atom is 0.167 e. The van der Waals surface area contributed by atoms with Crippen molar-refractivity contribution in [2.45, 2.75) is 32.6 Å². The summed E-state index contributed by atoms with van der Waals surface area (Å²) >= 11 is 0. The van der Waals surface area contributed by atoms with E-state index in [-0.39, 0.29) is 5.82 Å². The Hall–Kier alpha value is -1.09. The van der Waals surface area contributed by atoms with E-state index in [1.165, 1.54) is 25.7 Å². The molecule has 0 aliphatic heterocycles. The molecule has 1 fully saturated rings. The van der Waals surface area contributed by atoms with Gasteiger partial charge < -0.3 is 10.1 Å². The van der Waals surface area contributed by atoms with E-state index < -0.39 is 0 Å². The highest BCUT2D eigenvalue weighted by Crippen LogP contribution is 2.23. The normalized spacial score (nSPS) is 16.1. The predicted octanol–water partition coefficient (Wildman–Crippen LogP) is 3.29. The smallest absolute Gasteiger partial charge is 0.167 e. The van der Waals surface area contributed by atoms with E-state index >= 15 is 0 Å². The number of hydrogen-bond acceptors (Lipinski definition) is 2. The molecule has 1 aliphatic rings. The molecule has 1 aromatic rings. The first-order valence-electron chi connectivity index (χ1n) is 6.86. The van der Waals surface area contributed by atoms with Gasteiger partial charge in [-0.2, -0.15) is 0 Å². The molecule has 0 aromatic heterocycles. The number of halogens is 1. The maximum absolute atomic E-state index is 13.6. The van der Waals surface area contributed by atoms with Crippen LogP contribution in [0.15, 0.2) is 18.2 Å². The monoisotopic (exact) mass is 251 g/mol. The molecule has 0 unspecified atom stereocenters. The molecule has 100 valence electrons. The van der Waals surface area contributed by atoms with Crippen LogP contribution in [0.3, 0.4) is 0 Å². The molecular formula is C15H22FNO. The molecule has 3 heteroatoms. The van der Waals surface area contributed by atoms with E-state index in [4.69, 9.17) is 4.74 Å². The molecule has 2 nitrogen and oxygen atoms in total. The zero-order valence-electron chi connectivity index (χ0n) is 11.0. The van der Waals surface area contributed by atoms with Gasteiger partial charge in [-0.3, -0.25) is 0 Å². The SMILES string of the molecule is Cc1cccc(OCCNCC2CCCC2)c1F. The Kier molecular flexibility index (Phi) is 5.00. The van der Waals surface area contributed by atoms with Gasteiger partial charge in [0.25, 0.3) is 0 Å². The van der Waals surface area contributed by atoms with E-state index in [2.05, 4.69) is 5.32 Å². The number of ether oxygens (including phenoxy) is 1. The summed E-state index contributed by atoms with van der Waals surface area (Å²) in [5.41, 5.74) is 0.631. The fourth-order valence-corrected chi connectivity index (χ4v) is 2.49. The first-order chi connectivity index (χ1) is 8.77. The minimum Gasteiger partial charge on any atom is -0.489 e. The summed E-state index contributed by atoms with van der Waals surface area (Å²) in [6, 6.07) is 5.25. The first kappa shape index (κ1) is 13.3. The minimum atomic E-state index is -0.242. The highest BCUT2D eigenvalue weighted by molar-refractivity contribution is 5.29. The van der Waals surface area contributed by atoms with Gasteiger partial charge in [0.05, 0.1) is 0 Å². The molecule has 1 saturated carbocycles. The predicted molar refractivity (Wildman–Crippen MR) is 71.5 cm³/mol. The largest absolute Gasteiger partial charge is 0.489 e. The van der Waals surface area contributed by atoms with Gasteiger partial charge >= 0.3 is 0 Å². The molecule has 0 amide bonds. The van der Waals surface area contributed by atoms with Gasteiger partial charge in [-0.1, -0.05) is 25.0 Å². The van der Waals surface area contributed by atoms with Crippen molar-refractivity contribution in [3.63, 3.8) is 0 Å². The Balaban J connectivity index is 1.64. The van der Waals surface area contributed by atoms with Crippen LogP contribution in [-0.2, 0) is 0 Å². The summed E-state index contributed by atoms with van der Waals surface area (Å²) in [6.07, 6.45) is 5.44. The molecule has 0 spiro atoms. The van der Waals surface area contributed by atoms with Crippen LogP contribution in [0.2, 0.25) is 0 Å². The van der Waals surface area contributed by atoms with E-state index in [0.29, 0.717) is 17.9 Å². The van der Waals surface area contributed by atoms with Crippen molar-refractivity contribution >= 4 is 0 Å². The molecule has 0 atom stereocenters. The van der Waals surface area contributed by atoms with Gasteiger partial charge in [-0.05, 0) is 43.9 Å². The average Bonchev–Trinajstić information content (AvgIpc) is 2.87. The Morgan fingerprint density at radius 2 is 2.11 bits per heavy atom. The lowest BCUT2D eigenvalue weighted by molar-refractivity contribution is 0.294. The standard InChI is InChI=1S/C15H22FNO/c1-12-5-4-8-14(15(12)16)18-10-9-17-11-13-6-2-3-7-13/h4-5,8,13,17H,2-3,6-7,9-11H2,1H3. The van der Waals surface area contributed by atoms with E-state index in [9.17, 15) is 4.39 Å². The average molecular weight is 251 g/mol. The van der Waals surface area contributed by atoms with Crippen LogP contribution in [0, 0.1) is 18.7 Å². The highest BCUT2D eigenvalue weighted by Gasteiger charge is 2.13. The summed E-state index contributed by atoms with van der Waals surface area (Å²) in [7, 11) is 0. The topological polar surface area (TPSA) is 21.3 Å². The van der Waals surface area contributed by atoms with Gasteiger partial charge in [-0.15, -0.1) is 0 Å². The number of hydrogen-bond donors (Lipinski definition) is 1. The van der Waals surface area contributed by atoms with E-state index in [1.54, 1.807) is 19.1 Å². The van der Waals surface area contributed by atoms with Gasteiger partial charge in [0.1, 0.15) is 6.61 Å². The van der Waals surface area contributed by atoms with Crippen molar-refractivity contribution in [1.29, 1.82) is 0 Å². The number of benzene rings is 1. The third-order valence-electron chi connectivity index (χ3n) is 3.60. The van der Waals surface area contributed by atoms with Crippen LogP contribution in [0.5, 0.6) is 5.75 Å².